The maximum atomic E-state index is 12.1. The van der Waals surface area contributed by atoms with Crippen LogP contribution in [0.5, 0.6) is 0 Å². The van der Waals surface area contributed by atoms with Gasteiger partial charge in [0.1, 0.15) is 6.54 Å². The molecule has 0 unspecified atom stereocenters. The molecule has 0 fully saturated rings. The highest BCUT2D eigenvalue weighted by atomic mass is 19.3. The molecular weight excluding hydrogens is 214 g/mol. The predicted molar refractivity (Wildman–Crippen MR) is 55.9 cm³/mol. The van der Waals surface area contributed by atoms with Crippen LogP contribution in [0.25, 0.3) is 11.3 Å². The summed E-state index contributed by atoms with van der Waals surface area (Å²) >= 11 is 0. The lowest BCUT2D eigenvalue weighted by atomic mass is 10.2. The van der Waals surface area contributed by atoms with Gasteiger partial charge in [0.05, 0.1) is 11.9 Å². The van der Waals surface area contributed by atoms with Crippen molar-refractivity contribution in [2.24, 2.45) is 0 Å². The van der Waals surface area contributed by atoms with Gasteiger partial charge in [-0.1, -0.05) is 0 Å². The maximum Gasteiger partial charge on any atom is 0.257 e. The van der Waals surface area contributed by atoms with Gasteiger partial charge in [0.2, 0.25) is 0 Å². The Hall–Kier alpha value is -1.98. The summed E-state index contributed by atoms with van der Waals surface area (Å²) in [6, 6.07) is 3.33. The number of alkyl halides is 2. The fraction of sp³-hybridized carbons (Fsp3) is 0.200. The van der Waals surface area contributed by atoms with Crippen LogP contribution in [0.3, 0.4) is 0 Å². The van der Waals surface area contributed by atoms with Gasteiger partial charge in [-0.2, -0.15) is 5.10 Å². The molecule has 0 atom stereocenters. The molecule has 16 heavy (non-hydrogen) atoms. The summed E-state index contributed by atoms with van der Waals surface area (Å²) in [4.78, 5) is 4.08. The van der Waals surface area contributed by atoms with Crippen molar-refractivity contribution in [3.05, 3.63) is 30.7 Å². The van der Waals surface area contributed by atoms with Gasteiger partial charge >= 0.3 is 0 Å². The van der Waals surface area contributed by atoms with E-state index in [0.717, 1.165) is 0 Å². The van der Waals surface area contributed by atoms with E-state index >= 15 is 0 Å². The minimum Gasteiger partial charge on any atom is -0.399 e. The molecule has 6 heteroatoms. The second kappa shape index (κ2) is 4.26. The normalized spacial score (nSPS) is 10.9. The van der Waals surface area contributed by atoms with Crippen molar-refractivity contribution >= 4 is 5.69 Å². The van der Waals surface area contributed by atoms with Crippen LogP contribution < -0.4 is 5.73 Å². The zero-order chi connectivity index (χ0) is 11.5. The first-order valence-electron chi connectivity index (χ1n) is 4.67. The Morgan fingerprint density at radius 1 is 1.44 bits per heavy atom. The number of hydrogen-bond acceptors (Lipinski definition) is 3. The summed E-state index contributed by atoms with van der Waals surface area (Å²) in [5, 5.41) is 3.82. The van der Waals surface area contributed by atoms with E-state index in [0.29, 0.717) is 16.9 Å². The van der Waals surface area contributed by atoms with Gasteiger partial charge in [0.25, 0.3) is 6.43 Å². The number of nitrogens with zero attached hydrogens (tertiary/aromatic N) is 3. The predicted octanol–water partition coefficient (Wildman–Crippen LogP) is 1.79. The number of halogens is 2. The molecule has 0 saturated carbocycles. The highest BCUT2D eigenvalue weighted by molar-refractivity contribution is 5.61. The molecule has 0 amide bonds. The van der Waals surface area contributed by atoms with Crippen molar-refractivity contribution < 1.29 is 8.78 Å². The van der Waals surface area contributed by atoms with Crippen LogP contribution in [0.15, 0.2) is 30.7 Å². The number of aromatic nitrogens is 3. The smallest absolute Gasteiger partial charge is 0.257 e. The molecule has 2 rings (SSSR count). The molecule has 0 aliphatic rings. The Balaban J connectivity index is 2.24. The topological polar surface area (TPSA) is 56.7 Å². The first-order valence-corrected chi connectivity index (χ1v) is 4.67. The summed E-state index contributed by atoms with van der Waals surface area (Å²) in [5.74, 6) is 0. The number of hydrogen-bond donors (Lipinski definition) is 1. The molecule has 0 saturated heterocycles. The van der Waals surface area contributed by atoms with Gasteiger partial charge in [-0.25, -0.2) is 8.78 Å². The van der Waals surface area contributed by atoms with E-state index in [2.05, 4.69) is 10.1 Å². The first-order chi connectivity index (χ1) is 7.65. The van der Waals surface area contributed by atoms with Crippen molar-refractivity contribution in [1.29, 1.82) is 0 Å². The van der Waals surface area contributed by atoms with Crippen LogP contribution in [0.2, 0.25) is 0 Å². The van der Waals surface area contributed by atoms with Crippen molar-refractivity contribution in [3.63, 3.8) is 0 Å². The number of nitrogen functional groups attached to an aromatic ring is 1. The average Bonchev–Trinajstić information content (AvgIpc) is 2.65. The van der Waals surface area contributed by atoms with Crippen molar-refractivity contribution in [1.82, 2.24) is 14.8 Å². The van der Waals surface area contributed by atoms with Gasteiger partial charge < -0.3 is 5.73 Å². The van der Waals surface area contributed by atoms with Crippen molar-refractivity contribution in [3.8, 4) is 11.3 Å². The molecule has 2 aromatic heterocycles. The van der Waals surface area contributed by atoms with E-state index < -0.39 is 13.0 Å². The highest BCUT2D eigenvalue weighted by Crippen LogP contribution is 2.18. The summed E-state index contributed by atoms with van der Waals surface area (Å²) in [7, 11) is 0. The lowest BCUT2D eigenvalue weighted by molar-refractivity contribution is 0.122. The Labute approximate surface area is 90.7 Å². The number of rotatable bonds is 3. The third-order valence-corrected chi connectivity index (χ3v) is 2.04. The monoisotopic (exact) mass is 224 g/mol. The van der Waals surface area contributed by atoms with Crippen molar-refractivity contribution in [2.75, 3.05) is 5.73 Å². The van der Waals surface area contributed by atoms with Gasteiger partial charge in [-0.15, -0.1) is 0 Å². The SMILES string of the molecule is Nc1ccnc(-c2cnn(CC(F)F)c2)c1. The van der Waals surface area contributed by atoms with Crippen molar-refractivity contribution in [2.45, 2.75) is 13.0 Å². The standard InChI is InChI=1S/C10H10F2N4/c11-10(12)6-16-5-7(4-15-16)9-3-8(13)1-2-14-9/h1-5,10H,6H2,(H2,13,14). The van der Waals surface area contributed by atoms with Crippen LogP contribution in [-0.4, -0.2) is 21.2 Å². The van der Waals surface area contributed by atoms with E-state index in [1.54, 1.807) is 18.3 Å². The second-order valence-corrected chi connectivity index (χ2v) is 3.32. The molecule has 2 aromatic rings. The molecule has 0 aromatic carbocycles. The minimum atomic E-state index is -2.42. The lowest BCUT2D eigenvalue weighted by Gasteiger charge is -1.99. The zero-order valence-corrected chi connectivity index (χ0v) is 8.35. The molecule has 2 heterocycles. The van der Waals surface area contributed by atoms with Crippen LogP contribution in [0, 0.1) is 0 Å². The Morgan fingerprint density at radius 3 is 2.94 bits per heavy atom. The highest BCUT2D eigenvalue weighted by Gasteiger charge is 2.07. The zero-order valence-electron chi connectivity index (χ0n) is 8.35. The first kappa shape index (κ1) is 10.5. The van der Waals surface area contributed by atoms with E-state index in [4.69, 9.17) is 5.73 Å². The second-order valence-electron chi connectivity index (χ2n) is 3.32. The molecule has 2 N–H and O–H groups in total. The third kappa shape index (κ3) is 2.33. The molecule has 0 radical (unpaired) electrons. The minimum absolute atomic E-state index is 0.414. The van der Waals surface area contributed by atoms with Gasteiger partial charge in [-0.3, -0.25) is 9.67 Å². The number of nitrogens with two attached hydrogens (primary N) is 1. The Bertz CT molecular complexity index is 481. The Morgan fingerprint density at radius 2 is 2.25 bits per heavy atom. The third-order valence-electron chi connectivity index (χ3n) is 2.04. The van der Waals surface area contributed by atoms with E-state index in [1.165, 1.54) is 17.1 Å². The Kier molecular flexibility index (Phi) is 2.80. The molecule has 0 bridgehead atoms. The molecule has 84 valence electrons. The number of pyridine rings is 1. The summed E-state index contributed by atoms with van der Waals surface area (Å²) in [6.07, 6.45) is 2.16. The molecular formula is C10H10F2N4. The largest absolute Gasteiger partial charge is 0.399 e. The van der Waals surface area contributed by atoms with Crippen LogP contribution in [-0.2, 0) is 6.54 Å². The van der Waals surface area contributed by atoms with Crippen LogP contribution >= 0.6 is 0 Å². The fourth-order valence-corrected chi connectivity index (χ4v) is 1.34. The van der Waals surface area contributed by atoms with Crippen LogP contribution in [0.4, 0.5) is 14.5 Å². The summed E-state index contributed by atoms with van der Waals surface area (Å²) in [6.45, 7) is -0.414. The fourth-order valence-electron chi connectivity index (χ4n) is 1.34. The lowest BCUT2D eigenvalue weighted by Crippen LogP contribution is -2.06. The van der Waals surface area contributed by atoms with E-state index in [9.17, 15) is 8.78 Å². The molecule has 0 spiro atoms. The quantitative estimate of drug-likeness (QED) is 0.864. The van der Waals surface area contributed by atoms with Gasteiger partial charge in [0, 0.05) is 23.6 Å². The average molecular weight is 224 g/mol. The van der Waals surface area contributed by atoms with Gasteiger partial charge in [0.15, 0.2) is 0 Å². The molecule has 0 aliphatic carbocycles. The maximum absolute atomic E-state index is 12.1. The summed E-state index contributed by atoms with van der Waals surface area (Å²) < 4.78 is 25.4. The molecule has 4 nitrogen and oxygen atoms in total. The summed E-state index contributed by atoms with van der Waals surface area (Å²) in [5.41, 5.74) is 7.47. The number of anilines is 1. The van der Waals surface area contributed by atoms with Crippen LogP contribution in [0.1, 0.15) is 0 Å². The molecule has 0 aliphatic heterocycles. The van der Waals surface area contributed by atoms with E-state index in [-0.39, 0.29) is 0 Å². The van der Waals surface area contributed by atoms with Gasteiger partial charge in [-0.05, 0) is 12.1 Å². The van der Waals surface area contributed by atoms with E-state index in [1.807, 2.05) is 0 Å².